The van der Waals surface area contributed by atoms with Crippen LogP contribution in [-0.2, 0) is 21.4 Å². The van der Waals surface area contributed by atoms with Crippen molar-refractivity contribution in [1.29, 1.82) is 0 Å². The normalized spacial score (nSPS) is 12.6. The minimum Gasteiger partial charge on any atom is -0.352 e. The van der Waals surface area contributed by atoms with Gasteiger partial charge in [0.05, 0.1) is 4.90 Å². The van der Waals surface area contributed by atoms with E-state index in [9.17, 15) is 13.2 Å². The van der Waals surface area contributed by atoms with Gasteiger partial charge in [0, 0.05) is 33.1 Å². The molecule has 0 aliphatic carbocycles. The second-order valence-corrected chi connectivity index (χ2v) is 6.94. The monoisotopic (exact) mass is 335 g/mol. The third kappa shape index (κ3) is 5.28. The Kier molecular flexibility index (Phi) is 7.87. The van der Waals surface area contributed by atoms with Gasteiger partial charge in [-0.2, -0.15) is 0 Å². The molecule has 3 N–H and O–H groups in total. The lowest BCUT2D eigenvalue weighted by molar-refractivity contribution is -0.124. The Balaban J connectivity index is 0.00000400. The van der Waals surface area contributed by atoms with E-state index in [-0.39, 0.29) is 29.1 Å². The van der Waals surface area contributed by atoms with Gasteiger partial charge in [0.15, 0.2) is 0 Å². The van der Waals surface area contributed by atoms with Gasteiger partial charge in [-0.05, 0) is 17.7 Å². The second kappa shape index (κ2) is 8.33. The summed E-state index contributed by atoms with van der Waals surface area (Å²) in [5.41, 5.74) is 6.24. The van der Waals surface area contributed by atoms with E-state index < -0.39 is 10.0 Å². The fourth-order valence-corrected chi connectivity index (χ4v) is 2.36. The predicted molar refractivity (Wildman–Crippen MR) is 84.6 cm³/mol. The van der Waals surface area contributed by atoms with Gasteiger partial charge in [-0.25, -0.2) is 12.7 Å². The lowest BCUT2D eigenvalue weighted by atomic mass is 10.1. The van der Waals surface area contributed by atoms with Crippen LogP contribution in [-0.4, -0.2) is 39.3 Å². The summed E-state index contributed by atoms with van der Waals surface area (Å²) in [6.07, 6.45) is 0. The molecule has 0 bridgehead atoms. The highest BCUT2D eigenvalue weighted by atomic mass is 35.5. The molecule has 0 spiro atoms. The Bertz CT molecular complexity index is 559. The van der Waals surface area contributed by atoms with Gasteiger partial charge in [-0.1, -0.05) is 19.1 Å². The maximum Gasteiger partial charge on any atom is 0.242 e. The van der Waals surface area contributed by atoms with Crippen LogP contribution in [0, 0.1) is 5.92 Å². The third-order valence-corrected chi connectivity index (χ3v) is 4.80. The largest absolute Gasteiger partial charge is 0.352 e. The molecule has 0 fully saturated rings. The number of nitrogens with two attached hydrogens (primary N) is 1. The molecule has 0 aromatic heterocycles. The lowest BCUT2D eigenvalue weighted by Crippen LogP contribution is -2.32. The molecule has 0 aliphatic rings. The molecule has 8 heteroatoms. The van der Waals surface area contributed by atoms with Crippen molar-refractivity contribution >= 4 is 28.3 Å². The number of carbonyl (C=O) groups is 1. The van der Waals surface area contributed by atoms with Crippen LogP contribution < -0.4 is 11.1 Å². The summed E-state index contributed by atoms with van der Waals surface area (Å²) in [6, 6.07) is 6.43. The first-order chi connectivity index (χ1) is 9.28. The Labute approximate surface area is 132 Å². The zero-order valence-electron chi connectivity index (χ0n) is 12.4. The zero-order valence-corrected chi connectivity index (χ0v) is 14.0. The molecule has 1 amide bonds. The van der Waals surface area contributed by atoms with Gasteiger partial charge in [0.1, 0.15) is 0 Å². The molecule has 0 heterocycles. The van der Waals surface area contributed by atoms with E-state index in [0.717, 1.165) is 9.87 Å². The highest BCUT2D eigenvalue weighted by Crippen LogP contribution is 2.13. The summed E-state index contributed by atoms with van der Waals surface area (Å²) in [6.45, 7) is 2.40. The molecule has 6 nitrogen and oxygen atoms in total. The van der Waals surface area contributed by atoms with Crippen molar-refractivity contribution in [2.45, 2.75) is 18.4 Å². The molecule has 1 aromatic carbocycles. The minimum absolute atomic E-state index is 0. The van der Waals surface area contributed by atoms with Gasteiger partial charge in [0.25, 0.3) is 0 Å². The predicted octanol–water partition coefficient (Wildman–Crippen LogP) is 0.570. The Morgan fingerprint density at radius 2 is 1.81 bits per heavy atom. The number of hydrogen-bond donors (Lipinski definition) is 2. The number of carbonyl (C=O) groups excluding carboxylic acids is 1. The maximum absolute atomic E-state index is 11.9. The van der Waals surface area contributed by atoms with Crippen molar-refractivity contribution in [3.8, 4) is 0 Å². The molecule has 1 rings (SSSR count). The number of hydrogen-bond acceptors (Lipinski definition) is 4. The molecule has 21 heavy (non-hydrogen) atoms. The van der Waals surface area contributed by atoms with Crippen molar-refractivity contribution in [1.82, 2.24) is 9.62 Å². The van der Waals surface area contributed by atoms with Gasteiger partial charge in [-0.15, -0.1) is 12.4 Å². The topological polar surface area (TPSA) is 92.5 Å². The average molecular weight is 336 g/mol. The van der Waals surface area contributed by atoms with Crippen molar-refractivity contribution in [3.63, 3.8) is 0 Å². The number of rotatable bonds is 6. The molecule has 0 saturated heterocycles. The summed E-state index contributed by atoms with van der Waals surface area (Å²) in [5.74, 6) is -0.346. The average Bonchev–Trinajstić information content (AvgIpc) is 2.44. The van der Waals surface area contributed by atoms with Crippen LogP contribution in [0.2, 0.25) is 0 Å². The minimum atomic E-state index is -3.41. The van der Waals surface area contributed by atoms with E-state index in [1.807, 2.05) is 0 Å². The van der Waals surface area contributed by atoms with Crippen LogP contribution in [0.15, 0.2) is 29.2 Å². The van der Waals surface area contributed by atoms with E-state index in [4.69, 9.17) is 5.73 Å². The van der Waals surface area contributed by atoms with E-state index in [0.29, 0.717) is 13.1 Å². The summed E-state index contributed by atoms with van der Waals surface area (Å²) >= 11 is 0. The van der Waals surface area contributed by atoms with Crippen LogP contribution in [0.1, 0.15) is 12.5 Å². The first-order valence-electron chi connectivity index (χ1n) is 6.28. The van der Waals surface area contributed by atoms with Gasteiger partial charge < -0.3 is 11.1 Å². The Hall–Kier alpha value is -1.15. The maximum atomic E-state index is 11.9. The fraction of sp³-hybridized carbons (Fsp3) is 0.462. The number of amides is 1. The van der Waals surface area contributed by atoms with Crippen LogP contribution in [0.4, 0.5) is 0 Å². The third-order valence-electron chi connectivity index (χ3n) is 2.97. The van der Waals surface area contributed by atoms with Gasteiger partial charge >= 0.3 is 0 Å². The molecule has 0 aliphatic heterocycles. The molecule has 0 saturated carbocycles. The first kappa shape index (κ1) is 19.9. The Morgan fingerprint density at radius 3 is 2.24 bits per heavy atom. The quantitative estimate of drug-likeness (QED) is 0.795. The van der Waals surface area contributed by atoms with E-state index >= 15 is 0 Å². The molecule has 120 valence electrons. The standard InChI is InChI=1S/C13H21N3O3S.ClH/c1-10(8-14)13(17)15-9-11-4-6-12(7-5-11)20(18,19)16(2)3;/h4-7,10H,8-9,14H2,1-3H3,(H,15,17);1H. The van der Waals surface area contributed by atoms with Crippen LogP contribution >= 0.6 is 12.4 Å². The summed E-state index contributed by atoms with van der Waals surface area (Å²) < 4.78 is 24.9. The van der Waals surface area contributed by atoms with Gasteiger partial charge in [-0.3, -0.25) is 4.79 Å². The Morgan fingerprint density at radius 1 is 1.29 bits per heavy atom. The summed E-state index contributed by atoms with van der Waals surface area (Å²) in [7, 11) is -0.445. The van der Waals surface area contributed by atoms with E-state index in [1.54, 1.807) is 19.1 Å². The lowest BCUT2D eigenvalue weighted by Gasteiger charge is -2.12. The van der Waals surface area contributed by atoms with Gasteiger partial charge in [0.2, 0.25) is 15.9 Å². The highest BCUT2D eigenvalue weighted by molar-refractivity contribution is 7.89. The fourth-order valence-electron chi connectivity index (χ4n) is 1.46. The van der Waals surface area contributed by atoms with Crippen LogP contribution in [0.3, 0.4) is 0 Å². The van der Waals surface area contributed by atoms with Crippen LogP contribution in [0.25, 0.3) is 0 Å². The van der Waals surface area contributed by atoms with Crippen molar-refractivity contribution in [2.75, 3.05) is 20.6 Å². The second-order valence-electron chi connectivity index (χ2n) is 4.79. The van der Waals surface area contributed by atoms with E-state index in [2.05, 4.69) is 5.32 Å². The van der Waals surface area contributed by atoms with Crippen LogP contribution in [0.5, 0.6) is 0 Å². The van der Waals surface area contributed by atoms with Crippen molar-refractivity contribution < 1.29 is 13.2 Å². The SMILES string of the molecule is CC(CN)C(=O)NCc1ccc(S(=O)(=O)N(C)C)cc1.Cl. The number of nitrogens with zero attached hydrogens (tertiary/aromatic N) is 1. The number of nitrogens with one attached hydrogen (secondary N) is 1. The summed E-state index contributed by atoms with van der Waals surface area (Å²) in [5, 5.41) is 2.75. The molecule has 0 radical (unpaired) electrons. The first-order valence-corrected chi connectivity index (χ1v) is 7.72. The molecular formula is C13H22ClN3O3S. The van der Waals surface area contributed by atoms with E-state index in [1.165, 1.54) is 26.2 Å². The molecule has 1 atom stereocenters. The van der Waals surface area contributed by atoms with Crippen molar-refractivity contribution in [3.05, 3.63) is 29.8 Å². The van der Waals surface area contributed by atoms with Crippen molar-refractivity contribution in [2.24, 2.45) is 11.7 Å². The smallest absolute Gasteiger partial charge is 0.242 e. The summed E-state index contributed by atoms with van der Waals surface area (Å²) in [4.78, 5) is 11.8. The number of benzene rings is 1. The number of sulfonamides is 1. The zero-order chi connectivity index (χ0) is 15.3. The molecule has 1 aromatic rings. The molecule has 1 unspecified atom stereocenters. The number of halogens is 1. The molecular weight excluding hydrogens is 314 g/mol. The highest BCUT2D eigenvalue weighted by Gasteiger charge is 2.16.